The third-order valence-corrected chi connectivity index (χ3v) is 27.9. The van der Waals surface area contributed by atoms with Gasteiger partial charge >= 0.3 is 269 Å². The minimum Gasteiger partial charge on any atom is -0.147 e. The third kappa shape index (κ3) is 6.25. The van der Waals surface area contributed by atoms with Crippen LogP contribution in [0.5, 0.6) is 0 Å². The van der Waals surface area contributed by atoms with E-state index in [1.54, 1.807) is 16.9 Å². The molecule has 0 spiro atoms. The van der Waals surface area contributed by atoms with E-state index < -0.39 is 25.8 Å². The van der Waals surface area contributed by atoms with Gasteiger partial charge in [-0.25, -0.2) is 0 Å². The van der Waals surface area contributed by atoms with E-state index in [0.29, 0.717) is 0 Å². The van der Waals surface area contributed by atoms with Crippen molar-refractivity contribution in [3.05, 3.63) is 188 Å². The molecule has 6 aromatic carbocycles. The molecule has 0 saturated heterocycles. The minimum atomic E-state index is -2.46. The van der Waals surface area contributed by atoms with Gasteiger partial charge in [-0.15, -0.1) is 24.8 Å². The van der Waals surface area contributed by atoms with Gasteiger partial charge in [-0.1, -0.05) is 0 Å². The van der Waals surface area contributed by atoms with Crippen molar-refractivity contribution in [3.63, 3.8) is 0 Å². The molecule has 0 unspecified atom stereocenters. The monoisotopic (exact) mass is 726 g/mol. The van der Waals surface area contributed by atoms with E-state index in [1.165, 1.54) is 43.8 Å². The summed E-state index contributed by atoms with van der Waals surface area (Å²) < 4.78 is 3.46. The first-order valence-corrected chi connectivity index (χ1v) is 23.1. The number of hydrogen-bond donors (Lipinski definition) is 0. The number of benzene rings is 6. The maximum Gasteiger partial charge on any atom is -0.147 e. The Balaban J connectivity index is 0.00000186. The molecular weight excluding hydrogens is 695 g/mol. The van der Waals surface area contributed by atoms with Crippen LogP contribution in [0.2, 0.25) is 0 Å². The predicted molar refractivity (Wildman–Crippen MR) is 202 cm³/mol. The smallest absolute Gasteiger partial charge is 0.147 e. The van der Waals surface area contributed by atoms with Crippen LogP contribution < -0.4 is 10.4 Å². The fraction of sp³-hybridized carbons (Fsp3) is 0.0476. The van der Waals surface area contributed by atoms with Gasteiger partial charge < -0.3 is 0 Å². The summed E-state index contributed by atoms with van der Waals surface area (Å²) in [5.74, 6) is 0. The predicted octanol–water partition coefficient (Wildman–Crippen LogP) is 10.3. The summed E-state index contributed by atoms with van der Waals surface area (Å²) in [6.45, 7) is 0. The summed E-state index contributed by atoms with van der Waals surface area (Å²) in [5, 5.41) is 8.43. The van der Waals surface area contributed by atoms with Gasteiger partial charge in [0.15, 0.2) is 0 Å². The summed E-state index contributed by atoms with van der Waals surface area (Å²) in [6, 6.07) is 54.1. The zero-order chi connectivity index (χ0) is 29.3. The third-order valence-electron chi connectivity index (χ3n) is 8.96. The Morgan fingerprint density at radius 3 is 1.26 bits per heavy atom. The van der Waals surface area contributed by atoms with Crippen LogP contribution in [0, 0.1) is 0 Å². The first-order chi connectivity index (χ1) is 21.8. The van der Waals surface area contributed by atoms with E-state index in [0.717, 1.165) is 12.8 Å². The van der Waals surface area contributed by atoms with Crippen molar-refractivity contribution < 1.29 is 20.4 Å². The van der Waals surface area contributed by atoms with E-state index in [-0.39, 0.29) is 24.8 Å². The summed E-state index contributed by atoms with van der Waals surface area (Å²) >= 11 is -2.46. The van der Waals surface area contributed by atoms with Crippen molar-refractivity contribution in [1.29, 1.82) is 0 Å². The largest absolute Gasteiger partial charge is 0.147 e. The number of fused-ring (bicyclic) bond motifs is 2. The molecule has 0 nitrogen and oxygen atoms in total. The van der Waals surface area contributed by atoms with Crippen LogP contribution in [-0.4, -0.2) is 5.43 Å². The van der Waals surface area contributed by atoms with E-state index in [9.17, 15) is 0 Å². The molecule has 8 rings (SSSR count). The van der Waals surface area contributed by atoms with E-state index >= 15 is 0 Å². The minimum absolute atomic E-state index is 0. The number of halogens is 2. The maximum atomic E-state index is 2.61. The Labute approximate surface area is 291 Å². The maximum absolute atomic E-state index is 2.61. The summed E-state index contributed by atoms with van der Waals surface area (Å²) in [5.41, 5.74) is 4.53. The fourth-order valence-electron chi connectivity index (χ4n) is 6.92. The van der Waals surface area contributed by atoms with Gasteiger partial charge in [0.2, 0.25) is 0 Å². The normalized spacial score (nSPS) is 13.7. The second-order valence-electron chi connectivity index (χ2n) is 11.6. The molecule has 2 aliphatic carbocycles. The van der Waals surface area contributed by atoms with Crippen molar-refractivity contribution >= 4 is 73.3 Å². The molecule has 0 N–H and O–H groups in total. The van der Waals surface area contributed by atoms with E-state index in [1.807, 2.05) is 0 Å². The molecule has 0 saturated carbocycles. The van der Waals surface area contributed by atoms with E-state index in [4.69, 9.17) is 0 Å². The molecule has 224 valence electrons. The quantitative estimate of drug-likeness (QED) is 0.150. The van der Waals surface area contributed by atoms with Gasteiger partial charge in [-0.2, -0.15) is 0 Å². The Kier molecular flexibility index (Phi) is 10.2. The summed E-state index contributed by atoms with van der Waals surface area (Å²) in [6.07, 6.45) is 12.4. The Hall–Kier alpha value is -3.52. The van der Waals surface area contributed by atoms with Crippen molar-refractivity contribution in [1.82, 2.24) is 0 Å². The number of hydrogen-bond acceptors (Lipinski definition) is 0. The summed E-state index contributed by atoms with van der Waals surface area (Å²) in [4.78, 5) is 0. The molecule has 0 aliphatic heterocycles. The second kappa shape index (κ2) is 14.5. The summed E-state index contributed by atoms with van der Waals surface area (Å²) in [7, 11) is 0. The van der Waals surface area contributed by atoms with Crippen molar-refractivity contribution in [2.24, 2.45) is 0 Å². The number of allylic oxidation sites excluding steroid dienone is 8. The molecule has 46 heavy (non-hydrogen) atoms. The fourth-order valence-corrected chi connectivity index (χ4v) is 27.0. The average molecular weight is 729 g/mol. The molecule has 0 aromatic heterocycles. The van der Waals surface area contributed by atoms with Crippen LogP contribution in [0.4, 0.5) is 0 Å². The van der Waals surface area contributed by atoms with Gasteiger partial charge in [-0.3, -0.25) is 0 Å². The zero-order valence-electron chi connectivity index (χ0n) is 25.4. The molecule has 0 heterocycles. The second-order valence-corrected chi connectivity index (χ2v) is 25.2. The van der Waals surface area contributed by atoms with Crippen molar-refractivity contribution in [2.75, 3.05) is 0 Å². The van der Waals surface area contributed by atoms with Gasteiger partial charge in [0.25, 0.3) is 0 Å². The topological polar surface area (TPSA) is 0 Å². The molecule has 0 radical (unpaired) electrons. The Morgan fingerprint density at radius 1 is 0.413 bits per heavy atom. The molecule has 2 aliphatic rings. The SMILES string of the molecule is C1=C(c2cccc3ccccc23)C=[C]([Zr]([C]2=CC(c3cccc4ccccc34)=CC2)=[Si](c2ccccc2)c2ccccc2)C1.Cl.Cl. The molecule has 0 bridgehead atoms. The van der Waals surface area contributed by atoms with Crippen LogP contribution in [-0.2, 0) is 20.4 Å². The molecule has 0 amide bonds. The van der Waals surface area contributed by atoms with Crippen LogP contribution in [0.25, 0.3) is 32.7 Å². The Morgan fingerprint density at radius 2 is 0.804 bits per heavy atom. The van der Waals surface area contributed by atoms with Crippen molar-refractivity contribution in [3.8, 4) is 0 Å². The standard InChI is InChI=1S/2C15H11.C12H10Si.2ClH.Zr/c2*1-2-7-12(6-1)15-11-5-9-13-8-3-4-10-14(13)15;1-3-7-11(8-4-1)13-12-9-5-2-6-10-12;;;/h2*3-11H,1H2;1-10H;2*1H;. The van der Waals surface area contributed by atoms with Crippen LogP contribution in [0.3, 0.4) is 0 Å². The van der Waals surface area contributed by atoms with Crippen LogP contribution in [0.1, 0.15) is 24.0 Å². The molecule has 0 atom stereocenters. The Bertz CT molecular complexity index is 2040. The van der Waals surface area contributed by atoms with E-state index in [2.05, 4.69) is 170 Å². The van der Waals surface area contributed by atoms with Gasteiger partial charge in [0.1, 0.15) is 0 Å². The first kappa shape index (κ1) is 32.4. The molecular formula is C42H34Cl2SiZr. The van der Waals surface area contributed by atoms with Gasteiger partial charge in [-0.05, 0) is 0 Å². The zero-order valence-corrected chi connectivity index (χ0v) is 30.5. The van der Waals surface area contributed by atoms with Gasteiger partial charge in [0.05, 0.1) is 0 Å². The van der Waals surface area contributed by atoms with Crippen LogP contribution >= 0.6 is 24.8 Å². The first-order valence-electron chi connectivity index (χ1n) is 15.5. The number of rotatable bonds is 6. The molecule has 6 aromatic rings. The van der Waals surface area contributed by atoms with Crippen LogP contribution in [0.15, 0.2) is 176 Å². The van der Waals surface area contributed by atoms with Crippen molar-refractivity contribution in [2.45, 2.75) is 12.8 Å². The van der Waals surface area contributed by atoms with Gasteiger partial charge in [0, 0.05) is 0 Å². The average Bonchev–Trinajstić information content (AvgIpc) is 3.78. The molecule has 0 fully saturated rings. The molecule has 4 heteroatoms.